The fraction of sp³-hybridized carbons (Fsp3) is 0.478. The molecule has 2 heterocycles. The summed E-state index contributed by atoms with van der Waals surface area (Å²) in [5.74, 6) is -2.38. The molecule has 1 spiro atoms. The fourth-order valence-electron chi connectivity index (χ4n) is 4.69. The first-order valence-corrected chi connectivity index (χ1v) is 11.2. The molecule has 180 valence electrons. The maximum Gasteiger partial charge on any atom is 0.326 e. The predicted octanol–water partition coefficient (Wildman–Crippen LogP) is 1.28. The van der Waals surface area contributed by atoms with Crippen molar-refractivity contribution in [3.63, 3.8) is 0 Å². The molecular formula is C23H26N4O7. The second-order valence-corrected chi connectivity index (χ2v) is 8.89. The SMILES string of the molecule is CCC1CCC2(CC1)NC(=O)N(CC(=O)OCC(=O)Nc1ccc3c(c1)C(=O)N(C)C3=O)C2=O. The lowest BCUT2D eigenvalue weighted by Crippen LogP contribution is -2.49. The molecule has 11 nitrogen and oxygen atoms in total. The molecule has 0 unspecified atom stereocenters. The van der Waals surface area contributed by atoms with E-state index in [2.05, 4.69) is 17.6 Å². The van der Waals surface area contributed by atoms with Crippen LogP contribution in [0.3, 0.4) is 0 Å². The van der Waals surface area contributed by atoms with Crippen LogP contribution in [-0.2, 0) is 19.1 Å². The highest BCUT2D eigenvalue weighted by atomic mass is 16.5. The molecule has 0 aromatic heterocycles. The first-order chi connectivity index (χ1) is 16.1. The molecule has 11 heteroatoms. The summed E-state index contributed by atoms with van der Waals surface area (Å²) < 4.78 is 4.94. The zero-order valence-electron chi connectivity index (χ0n) is 19.0. The molecule has 6 amide bonds. The fourth-order valence-corrected chi connectivity index (χ4v) is 4.69. The van der Waals surface area contributed by atoms with Gasteiger partial charge in [-0.3, -0.25) is 33.8 Å². The van der Waals surface area contributed by atoms with Gasteiger partial charge in [0.15, 0.2) is 6.61 Å². The van der Waals surface area contributed by atoms with Gasteiger partial charge >= 0.3 is 12.0 Å². The summed E-state index contributed by atoms with van der Waals surface area (Å²) in [6.07, 6.45) is 3.76. The third-order valence-electron chi connectivity index (χ3n) is 6.81. The molecule has 1 saturated carbocycles. The van der Waals surface area contributed by atoms with Gasteiger partial charge in [0.05, 0.1) is 11.1 Å². The van der Waals surface area contributed by atoms with E-state index >= 15 is 0 Å². The molecule has 1 saturated heterocycles. The number of ether oxygens (including phenoxy) is 1. The lowest BCUT2D eigenvalue weighted by molar-refractivity contribution is -0.150. The highest BCUT2D eigenvalue weighted by Gasteiger charge is 2.52. The van der Waals surface area contributed by atoms with Gasteiger partial charge in [0.1, 0.15) is 12.1 Å². The van der Waals surface area contributed by atoms with Crippen LogP contribution in [-0.4, -0.2) is 71.2 Å². The summed E-state index contributed by atoms with van der Waals surface area (Å²) in [5, 5.41) is 5.23. The zero-order valence-corrected chi connectivity index (χ0v) is 19.0. The molecule has 2 aliphatic heterocycles. The summed E-state index contributed by atoms with van der Waals surface area (Å²) in [4.78, 5) is 75.5. The van der Waals surface area contributed by atoms with E-state index < -0.39 is 54.3 Å². The molecular weight excluding hydrogens is 444 g/mol. The smallest absolute Gasteiger partial charge is 0.326 e. The average molecular weight is 470 g/mol. The summed E-state index contributed by atoms with van der Waals surface area (Å²) in [7, 11) is 1.37. The Balaban J connectivity index is 1.29. The lowest BCUT2D eigenvalue weighted by Gasteiger charge is -2.34. The number of esters is 1. The number of carbonyl (C=O) groups is 6. The van der Waals surface area contributed by atoms with Crippen molar-refractivity contribution in [1.29, 1.82) is 0 Å². The van der Waals surface area contributed by atoms with Crippen LogP contribution in [0.25, 0.3) is 0 Å². The van der Waals surface area contributed by atoms with Gasteiger partial charge in [-0.25, -0.2) is 4.79 Å². The first kappa shape index (κ1) is 23.4. The van der Waals surface area contributed by atoms with Crippen molar-refractivity contribution in [1.82, 2.24) is 15.1 Å². The Labute approximate surface area is 195 Å². The van der Waals surface area contributed by atoms with Crippen molar-refractivity contribution in [2.45, 2.75) is 44.6 Å². The number of nitrogens with one attached hydrogen (secondary N) is 2. The number of nitrogens with zero attached hydrogens (tertiary/aromatic N) is 2. The molecule has 34 heavy (non-hydrogen) atoms. The van der Waals surface area contributed by atoms with Crippen molar-refractivity contribution < 1.29 is 33.5 Å². The van der Waals surface area contributed by atoms with E-state index in [0.29, 0.717) is 18.8 Å². The molecule has 2 N–H and O–H groups in total. The Morgan fingerprint density at radius 1 is 1.12 bits per heavy atom. The molecule has 1 aromatic carbocycles. The Bertz CT molecular complexity index is 1090. The zero-order chi connectivity index (χ0) is 24.6. The highest BCUT2D eigenvalue weighted by molar-refractivity contribution is 6.21. The predicted molar refractivity (Wildman–Crippen MR) is 118 cm³/mol. The number of hydrogen-bond acceptors (Lipinski definition) is 7. The van der Waals surface area contributed by atoms with Crippen LogP contribution < -0.4 is 10.6 Å². The van der Waals surface area contributed by atoms with E-state index in [1.807, 2.05) is 0 Å². The Morgan fingerprint density at radius 2 is 1.79 bits per heavy atom. The van der Waals surface area contributed by atoms with Crippen molar-refractivity contribution in [2.24, 2.45) is 5.92 Å². The summed E-state index contributed by atoms with van der Waals surface area (Å²) in [6.45, 7) is 0.869. The van der Waals surface area contributed by atoms with E-state index in [1.165, 1.54) is 25.2 Å². The molecule has 3 aliphatic rings. The van der Waals surface area contributed by atoms with Crippen LogP contribution in [0, 0.1) is 5.92 Å². The van der Waals surface area contributed by atoms with Gasteiger partial charge in [-0.2, -0.15) is 0 Å². The van der Waals surface area contributed by atoms with Gasteiger partial charge in [0.2, 0.25) is 0 Å². The van der Waals surface area contributed by atoms with Gasteiger partial charge < -0.3 is 15.4 Å². The van der Waals surface area contributed by atoms with E-state index in [9.17, 15) is 28.8 Å². The number of amides is 6. The normalized spacial score (nSPS) is 23.9. The Morgan fingerprint density at radius 3 is 2.47 bits per heavy atom. The average Bonchev–Trinajstić information content (AvgIpc) is 3.18. The van der Waals surface area contributed by atoms with Crippen LogP contribution in [0.5, 0.6) is 0 Å². The van der Waals surface area contributed by atoms with Crippen LogP contribution >= 0.6 is 0 Å². The third-order valence-corrected chi connectivity index (χ3v) is 6.81. The second kappa shape index (κ2) is 8.88. The van der Waals surface area contributed by atoms with Crippen molar-refractivity contribution in [2.75, 3.05) is 25.5 Å². The van der Waals surface area contributed by atoms with Crippen molar-refractivity contribution in [3.05, 3.63) is 29.3 Å². The van der Waals surface area contributed by atoms with Crippen LogP contribution in [0.1, 0.15) is 59.7 Å². The van der Waals surface area contributed by atoms with Gasteiger partial charge in [-0.15, -0.1) is 0 Å². The molecule has 0 bridgehead atoms. The highest BCUT2D eigenvalue weighted by Crippen LogP contribution is 2.37. The monoisotopic (exact) mass is 470 g/mol. The largest absolute Gasteiger partial charge is 0.454 e. The van der Waals surface area contributed by atoms with E-state index in [0.717, 1.165) is 29.1 Å². The van der Waals surface area contributed by atoms with E-state index in [1.54, 1.807) is 0 Å². The number of urea groups is 1. The minimum Gasteiger partial charge on any atom is -0.454 e. The van der Waals surface area contributed by atoms with Gasteiger partial charge in [0, 0.05) is 12.7 Å². The third kappa shape index (κ3) is 4.13. The van der Waals surface area contributed by atoms with Crippen molar-refractivity contribution >= 4 is 41.3 Å². The van der Waals surface area contributed by atoms with E-state index in [4.69, 9.17) is 4.74 Å². The van der Waals surface area contributed by atoms with Crippen LogP contribution in [0.4, 0.5) is 10.5 Å². The minimum atomic E-state index is -0.957. The van der Waals surface area contributed by atoms with Gasteiger partial charge in [-0.1, -0.05) is 13.3 Å². The summed E-state index contributed by atoms with van der Waals surface area (Å²) in [5.41, 5.74) is -0.287. The molecule has 1 aromatic rings. The van der Waals surface area contributed by atoms with Gasteiger partial charge in [-0.05, 0) is 49.8 Å². The summed E-state index contributed by atoms with van der Waals surface area (Å²) in [6, 6.07) is 3.63. The quantitative estimate of drug-likeness (QED) is 0.362. The molecule has 2 fully saturated rings. The maximum atomic E-state index is 12.9. The minimum absolute atomic E-state index is 0.169. The number of anilines is 1. The topological polar surface area (TPSA) is 142 Å². The van der Waals surface area contributed by atoms with E-state index in [-0.39, 0.29) is 16.8 Å². The van der Waals surface area contributed by atoms with Crippen LogP contribution in [0.2, 0.25) is 0 Å². The number of carbonyl (C=O) groups excluding carboxylic acids is 6. The number of fused-ring (bicyclic) bond motifs is 1. The Hall–Kier alpha value is -3.76. The molecule has 1 aliphatic carbocycles. The van der Waals surface area contributed by atoms with Crippen molar-refractivity contribution in [3.8, 4) is 0 Å². The van der Waals surface area contributed by atoms with Crippen LogP contribution in [0.15, 0.2) is 18.2 Å². The number of rotatable bonds is 6. The second-order valence-electron chi connectivity index (χ2n) is 8.89. The lowest BCUT2D eigenvalue weighted by atomic mass is 9.75. The molecule has 0 radical (unpaired) electrons. The first-order valence-electron chi connectivity index (χ1n) is 11.2. The number of benzene rings is 1. The number of hydrogen-bond donors (Lipinski definition) is 2. The molecule has 4 rings (SSSR count). The Kier molecular flexibility index (Phi) is 6.11. The van der Waals surface area contributed by atoms with Gasteiger partial charge in [0.25, 0.3) is 23.6 Å². The maximum absolute atomic E-state index is 12.9. The molecule has 0 atom stereocenters. The number of imide groups is 2. The standard InChI is InChI=1S/C23H26N4O7/c1-3-13-6-8-23(9-7-13)21(32)27(22(33)25-23)11-18(29)34-12-17(28)24-14-4-5-15-16(10-14)20(31)26(2)19(15)30/h4-5,10,13H,3,6-9,11-12H2,1-2H3,(H,24,28)(H,25,33). The summed E-state index contributed by atoms with van der Waals surface area (Å²) >= 11 is 0.